The standard InChI is InChI=1S/C29H27N7O/c1-20-26(21(2)36-29(34-20)25(16-30)18-33-36)12-13-28(37)31-17-24-6-3-4-7-27(24)23-10-8-22(9-11-23)19-35-15-5-14-32-35/h3-11,14-15,18H,12-13,17,19H2,1-2H3,(H,31,37). The van der Waals surface area contributed by atoms with E-state index >= 15 is 0 Å². The summed E-state index contributed by atoms with van der Waals surface area (Å²) < 4.78 is 3.57. The summed E-state index contributed by atoms with van der Waals surface area (Å²) >= 11 is 0. The summed E-state index contributed by atoms with van der Waals surface area (Å²) in [4.78, 5) is 17.3. The van der Waals surface area contributed by atoms with Gasteiger partial charge in [0.1, 0.15) is 11.6 Å². The number of nitrogens with one attached hydrogen (secondary N) is 1. The second-order valence-electron chi connectivity index (χ2n) is 9.00. The van der Waals surface area contributed by atoms with Gasteiger partial charge in [0.2, 0.25) is 5.91 Å². The molecule has 0 radical (unpaired) electrons. The molecule has 0 aliphatic rings. The third-order valence-corrected chi connectivity index (χ3v) is 6.59. The number of hydrogen-bond donors (Lipinski definition) is 1. The summed E-state index contributed by atoms with van der Waals surface area (Å²) in [5, 5.41) is 20.9. The van der Waals surface area contributed by atoms with Gasteiger partial charge < -0.3 is 5.32 Å². The van der Waals surface area contributed by atoms with Crippen LogP contribution in [0.1, 0.15) is 40.1 Å². The zero-order chi connectivity index (χ0) is 25.8. The van der Waals surface area contributed by atoms with E-state index in [0.717, 1.165) is 40.2 Å². The minimum Gasteiger partial charge on any atom is -0.352 e. The zero-order valence-corrected chi connectivity index (χ0v) is 20.8. The minimum absolute atomic E-state index is 0.0264. The second-order valence-corrected chi connectivity index (χ2v) is 9.00. The molecule has 3 aromatic heterocycles. The number of carbonyl (C=O) groups is 1. The van der Waals surface area contributed by atoms with E-state index in [1.54, 1.807) is 10.7 Å². The molecule has 0 unspecified atom stereocenters. The maximum atomic E-state index is 12.8. The van der Waals surface area contributed by atoms with Crippen LogP contribution >= 0.6 is 0 Å². The molecule has 0 fully saturated rings. The monoisotopic (exact) mass is 489 g/mol. The highest BCUT2D eigenvalue weighted by molar-refractivity contribution is 5.77. The molecule has 37 heavy (non-hydrogen) atoms. The lowest BCUT2D eigenvalue weighted by molar-refractivity contribution is -0.121. The van der Waals surface area contributed by atoms with E-state index in [1.165, 1.54) is 11.8 Å². The Hall–Kier alpha value is -4.77. The summed E-state index contributed by atoms with van der Waals surface area (Å²) in [5.74, 6) is -0.0264. The van der Waals surface area contributed by atoms with Gasteiger partial charge in [-0.2, -0.15) is 15.5 Å². The average molecular weight is 490 g/mol. The van der Waals surface area contributed by atoms with Crippen LogP contribution in [0, 0.1) is 25.2 Å². The highest BCUT2D eigenvalue weighted by atomic mass is 16.1. The van der Waals surface area contributed by atoms with Gasteiger partial charge in [0.05, 0.1) is 12.7 Å². The van der Waals surface area contributed by atoms with E-state index in [9.17, 15) is 10.1 Å². The summed E-state index contributed by atoms with van der Waals surface area (Å²) in [6, 6.07) is 20.6. The molecule has 0 aliphatic heterocycles. The highest BCUT2D eigenvalue weighted by Crippen LogP contribution is 2.24. The largest absolute Gasteiger partial charge is 0.352 e. The molecule has 3 heterocycles. The quantitative estimate of drug-likeness (QED) is 0.349. The number of benzene rings is 2. The second kappa shape index (κ2) is 10.5. The van der Waals surface area contributed by atoms with Crippen LogP contribution in [0.2, 0.25) is 0 Å². The van der Waals surface area contributed by atoms with Gasteiger partial charge in [0, 0.05) is 36.7 Å². The number of rotatable bonds is 8. The molecule has 0 saturated carbocycles. The zero-order valence-electron chi connectivity index (χ0n) is 20.8. The van der Waals surface area contributed by atoms with Gasteiger partial charge in [0.15, 0.2) is 5.65 Å². The first kappa shape index (κ1) is 23.9. The van der Waals surface area contributed by atoms with Gasteiger partial charge in [-0.1, -0.05) is 48.5 Å². The van der Waals surface area contributed by atoms with Crippen LogP contribution in [0.15, 0.2) is 73.2 Å². The van der Waals surface area contributed by atoms with Gasteiger partial charge in [-0.3, -0.25) is 9.48 Å². The Kier molecular flexibility index (Phi) is 6.77. The molecule has 5 rings (SSSR count). The summed E-state index contributed by atoms with van der Waals surface area (Å²) in [6.07, 6.45) is 6.14. The first-order valence-corrected chi connectivity index (χ1v) is 12.2. The summed E-state index contributed by atoms with van der Waals surface area (Å²) in [5.41, 5.74) is 8.14. The maximum Gasteiger partial charge on any atom is 0.220 e. The van der Waals surface area contributed by atoms with Gasteiger partial charge in [0.25, 0.3) is 0 Å². The number of aromatic nitrogens is 5. The molecule has 1 amide bonds. The number of nitrogens with zero attached hydrogens (tertiary/aromatic N) is 6. The number of aryl methyl sites for hydroxylation is 2. The molecule has 5 aromatic rings. The van der Waals surface area contributed by atoms with Crippen molar-refractivity contribution in [1.82, 2.24) is 29.7 Å². The van der Waals surface area contributed by atoms with Crippen molar-refractivity contribution in [3.63, 3.8) is 0 Å². The average Bonchev–Trinajstić information content (AvgIpc) is 3.58. The predicted molar refractivity (Wildman–Crippen MR) is 141 cm³/mol. The third-order valence-electron chi connectivity index (χ3n) is 6.59. The lowest BCUT2D eigenvalue weighted by atomic mass is 9.98. The Morgan fingerprint density at radius 1 is 1.05 bits per heavy atom. The van der Waals surface area contributed by atoms with Crippen LogP contribution in [0.3, 0.4) is 0 Å². The number of carbonyl (C=O) groups excluding carboxylic acids is 1. The normalized spacial score (nSPS) is 10.9. The first-order chi connectivity index (χ1) is 18.0. The Morgan fingerprint density at radius 2 is 1.86 bits per heavy atom. The maximum absolute atomic E-state index is 12.8. The van der Waals surface area contributed by atoms with E-state index < -0.39 is 0 Å². The molecule has 0 spiro atoms. The SMILES string of the molecule is Cc1nc2c(C#N)cnn2c(C)c1CCC(=O)NCc1ccccc1-c1ccc(Cn2cccn2)cc1. The molecular formula is C29H27N7O. The molecule has 0 bridgehead atoms. The van der Waals surface area contributed by atoms with E-state index in [4.69, 9.17) is 0 Å². The van der Waals surface area contributed by atoms with Gasteiger partial charge in [-0.05, 0) is 54.2 Å². The number of amides is 1. The van der Waals surface area contributed by atoms with Crippen molar-refractivity contribution in [2.45, 2.75) is 39.8 Å². The molecule has 8 heteroatoms. The van der Waals surface area contributed by atoms with Gasteiger partial charge in [-0.25, -0.2) is 9.50 Å². The molecular weight excluding hydrogens is 462 g/mol. The smallest absolute Gasteiger partial charge is 0.220 e. The fraction of sp³-hybridized carbons (Fsp3) is 0.207. The van der Waals surface area contributed by atoms with Crippen LogP contribution in [-0.4, -0.2) is 30.3 Å². The minimum atomic E-state index is -0.0264. The Morgan fingerprint density at radius 3 is 2.62 bits per heavy atom. The molecule has 0 saturated heterocycles. The lowest BCUT2D eigenvalue weighted by Gasteiger charge is -2.13. The van der Waals surface area contributed by atoms with E-state index in [-0.39, 0.29) is 5.91 Å². The topological polar surface area (TPSA) is 101 Å². The highest BCUT2D eigenvalue weighted by Gasteiger charge is 2.15. The fourth-order valence-corrected chi connectivity index (χ4v) is 4.60. The van der Waals surface area contributed by atoms with Gasteiger partial charge >= 0.3 is 0 Å². The van der Waals surface area contributed by atoms with E-state index in [2.05, 4.69) is 56.9 Å². The molecule has 0 aliphatic carbocycles. The molecule has 2 aromatic carbocycles. The van der Waals surface area contributed by atoms with Crippen LogP contribution in [0.25, 0.3) is 16.8 Å². The first-order valence-electron chi connectivity index (χ1n) is 12.2. The van der Waals surface area contributed by atoms with Crippen molar-refractivity contribution < 1.29 is 4.79 Å². The fourth-order valence-electron chi connectivity index (χ4n) is 4.60. The predicted octanol–water partition coefficient (Wildman–Crippen LogP) is 4.38. The molecule has 1 N–H and O–H groups in total. The number of nitriles is 1. The molecule has 0 atom stereocenters. The molecule has 8 nitrogen and oxygen atoms in total. The van der Waals surface area contributed by atoms with Crippen molar-refractivity contribution in [2.75, 3.05) is 0 Å². The van der Waals surface area contributed by atoms with Crippen LogP contribution in [-0.2, 0) is 24.3 Å². The van der Waals surface area contributed by atoms with Crippen molar-refractivity contribution in [3.8, 4) is 17.2 Å². The number of hydrogen-bond acceptors (Lipinski definition) is 5. The van der Waals surface area contributed by atoms with Crippen LogP contribution in [0.4, 0.5) is 0 Å². The van der Waals surface area contributed by atoms with E-state index in [0.29, 0.717) is 30.6 Å². The van der Waals surface area contributed by atoms with Crippen LogP contribution < -0.4 is 5.32 Å². The summed E-state index contributed by atoms with van der Waals surface area (Å²) in [7, 11) is 0. The van der Waals surface area contributed by atoms with Crippen molar-refractivity contribution >= 4 is 11.6 Å². The van der Waals surface area contributed by atoms with Gasteiger partial charge in [-0.15, -0.1) is 0 Å². The Labute approximate surface area is 215 Å². The van der Waals surface area contributed by atoms with Crippen LogP contribution in [0.5, 0.6) is 0 Å². The Balaban J connectivity index is 1.23. The molecule has 184 valence electrons. The number of fused-ring (bicyclic) bond motifs is 1. The van der Waals surface area contributed by atoms with Crippen molar-refractivity contribution in [2.24, 2.45) is 0 Å². The van der Waals surface area contributed by atoms with E-state index in [1.807, 2.05) is 49.0 Å². The lowest BCUT2D eigenvalue weighted by Crippen LogP contribution is -2.23. The third kappa shape index (κ3) is 5.11. The summed E-state index contributed by atoms with van der Waals surface area (Å²) in [6.45, 7) is 5.03. The van der Waals surface area contributed by atoms with Crippen molar-refractivity contribution in [1.29, 1.82) is 5.26 Å². The Bertz CT molecular complexity index is 1590. The van der Waals surface area contributed by atoms with Crippen molar-refractivity contribution in [3.05, 3.63) is 107 Å².